The van der Waals surface area contributed by atoms with Crippen LogP contribution in [0.5, 0.6) is 0 Å². The molecule has 27 heavy (non-hydrogen) atoms. The van der Waals surface area contributed by atoms with Gasteiger partial charge in [0, 0.05) is 12.6 Å². The third kappa shape index (κ3) is 3.41. The summed E-state index contributed by atoms with van der Waals surface area (Å²) >= 11 is 0. The molecular formula is C18H18F3N3O3. The first kappa shape index (κ1) is 18.9. The molecular weight excluding hydrogens is 363 g/mol. The van der Waals surface area contributed by atoms with E-state index in [1.54, 1.807) is 19.1 Å². The Labute approximate surface area is 153 Å². The van der Waals surface area contributed by atoms with Gasteiger partial charge in [0.25, 0.3) is 5.91 Å². The Morgan fingerprint density at radius 1 is 1.22 bits per heavy atom. The first-order valence-corrected chi connectivity index (χ1v) is 8.37. The van der Waals surface area contributed by atoms with Gasteiger partial charge in [-0.3, -0.25) is 9.59 Å². The van der Waals surface area contributed by atoms with E-state index in [2.05, 4.69) is 5.10 Å². The maximum atomic E-state index is 13.7. The minimum Gasteiger partial charge on any atom is -0.481 e. The number of alkyl halides is 3. The van der Waals surface area contributed by atoms with E-state index in [-0.39, 0.29) is 18.7 Å². The van der Waals surface area contributed by atoms with Gasteiger partial charge in [0.2, 0.25) is 0 Å². The third-order valence-corrected chi connectivity index (χ3v) is 4.88. The molecule has 0 spiro atoms. The number of carbonyl (C=O) groups excluding carboxylic acids is 1. The minimum absolute atomic E-state index is 0.0873. The zero-order valence-corrected chi connectivity index (χ0v) is 14.7. The number of amides is 1. The number of carbonyl (C=O) groups is 2. The Morgan fingerprint density at radius 2 is 1.85 bits per heavy atom. The second-order valence-electron chi connectivity index (χ2n) is 6.62. The molecule has 1 N–H and O–H groups in total. The van der Waals surface area contributed by atoms with E-state index in [4.69, 9.17) is 0 Å². The highest BCUT2D eigenvalue weighted by Gasteiger charge is 2.44. The van der Waals surface area contributed by atoms with Gasteiger partial charge in [-0.1, -0.05) is 17.7 Å². The normalized spacial score (nSPS) is 20.1. The van der Waals surface area contributed by atoms with E-state index in [0.717, 1.165) is 11.8 Å². The van der Waals surface area contributed by atoms with E-state index >= 15 is 0 Å². The molecule has 1 saturated heterocycles. The van der Waals surface area contributed by atoms with Crippen LogP contribution in [0.1, 0.15) is 35.0 Å². The van der Waals surface area contributed by atoms with Crippen LogP contribution < -0.4 is 0 Å². The first-order valence-electron chi connectivity index (χ1n) is 8.37. The molecule has 1 aliphatic rings. The van der Waals surface area contributed by atoms with Crippen LogP contribution in [0.25, 0.3) is 5.69 Å². The summed E-state index contributed by atoms with van der Waals surface area (Å²) in [7, 11) is 0. The zero-order chi connectivity index (χ0) is 19.9. The van der Waals surface area contributed by atoms with Crippen molar-refractivity contribution < 1.29 is 27.9 Å². The van der Waals surface area contributed by atoms with Crippen molar-refractivity contribution in [2.75, 3.05) is 6.54 Å². The van der Waals surface area contributed by atoms with Crippen molar-refractivity contribution >= 4 is 11.9 Å². The summed E-state index contributed by atoms with van der Waals surface area (Å²) in [5, 5.41) is 13.0. The monoisotopic (exact) mass is 381 g/mol. The molecule has 1 aromatic carbocycles. The van der Waals surface area contributed by atoms with Crippen molar-refractivity contribution in [2.24, 2.45) is 5.92 Å². The second kappa shape index (κ2) is 6.71. The molecule has 144 valence electrons. The van der Waals surface area contributed by atoms with Gasteiger partial charge in [0.15, 0.2) is 5.69 Å². The number of carboxylic acids is 1. The highest BCUT2D eigenvalue weighted by atomic mass is 19.4. The Bertz CT molecular complexity index is 874. The Hall–Kier alpha value is -2.84. The smallest absolute Gasteiger partial charge is 0.434 e. The van der Waals surface area contributed by atoms with Crippen molar-refractivity contribution in [2.45, 2.75) is 32.5 Å². The number of aryl methyl sites for hydroxylation is 1. The number of hydrogen-bond donors (Lipinski definition) is 1. The number of aromatic nitrogens is 2. The molecule has 0 bridgehead atoms. The Morgan fingerprint density at radius 3 is 2.37 bits per heavy atom. The summed E-state index contributed by atoms with van der Waals surface area (Å²) in [4.78, 5) is 25.2. The van der Waals surface area contributed by atoms with Gasteiger partial charge in [-0.15, -0.1) is 0 Å². The van der Waals surface area contributed by atoms with E-state index in [1.165, 1.54) is 24.0 Å². The summed E-state index contributed by atoms with van der Waals surface area (Å²) in [6, 6.07) is 5.59. The van der Waals surface area contributed by atoms with E-state index in [0.29, 0.717) is 4.68 Å². The SMILES string of the molecule is Cc1ccc(-n2ncc(C(=O)N3CCC(C(=O)O)C3C)c2C(F)(F)F)cc1. The van der Waals surface area contributed by atoms with Crippen LogP contribution in [0.3, 0.4) is 0 Å². The van der Waals surface area contributed by atoms with E-state index in [9.17, 15) is 27.9 Å². The second-order valence-corrected chi connectivity index (χ2v) is 6.62. The molecule has 2 unspecified atom stereocenters. The lowest BCUT2D eigenvalue weighted by atomic mass is 10.0. The third-order valence-electron chi connectivity index (χ3n) is 4.88. The number of likely N-dealkylation sites (tertiary alicyclic amines) is 1. The van der Waals surface area contributed by atoms with Gasteiger partial charge in [-0.25, -0.2) is 4.68 Å². The molecule has 1 aliphatic heterocycles. The number of nitrogens with zero attached hydrogens (tertiary/aromatic N) is 3. The van der Waals surface area contributed by atoms with Crippen molar-refractivity contribution in [3.05, 3.63) is 47.3 Å². The lowest BCUT2D eigenvalue weighted by Crippen LogP contribution is -2.38. The number of hydrogen-bond acceptors (Lipinski definition) is 3. The number of rotatable bonds is 3. The van der Waals surface area contributed by atoms with Crippen molar-refractivity contribution in [1.29, 1.82) is 0 Å². The molecule has 1 amide bonds. The van der Waals surface area contributed by atoms with Gasteiger partial charge >= 0.3 is 12.1 Å². The highest BCUT2D eigenvalue weighted by Crippen LogP contribution is 2.35. The number of carboxylic acid groups (broad SMARTS) is 1. The van der Waals surface area contributed by atoms with Crippen LogP contribution in [0.4, 0.5) is 13.2 Å². The van der Waals surface area contributed by atoms with E-state index < -0.39 is 41.3 Å². The molecule has 0 saturated carbocycles. The lowest BCUT2D eigenvalue weighted by molar-refractivity contribution is -0.144. The van der Waals surface area contributed by atoms with Crippen molar-refractivity contribution in [3.63, 3.8) is 0 Å². The summed E-state index contributed by atoms with van der Waals surface area (Å²) in [6.45, 7) is 3.42. The maximum absolute atomic E-state index is 13.7. The highest BCUT2D eigenvalue weighted by molar-refractivity contribution is 5.96. The van der Waals surface area contributed by atoms with Crippen LogP contribution in [-0.4, -0.2) is 44.3 Å². The molecule has 0 radical (unpaired) electrons. The van der Waals surface area contributed by atoms with Gasteiger partial charge in [0.1, 0.15) is 0 Å². The minimum atomic E-state index is -4.80. The van der Waals surface area contributed by atoms with Crippen LogP contribution >= 0.6 is 0 Å². The molecule has 6 nitrogen and oxygen atoms in total. The average Bonchev–Trinajstić information content (AvgIpc) is 3.18. The first-order chi connectivity index (χ1) is 12.6. The maximum Gasteiger partial charge on any atom is 0.434 e. The van der Waals surface area contributed by atoms with Crippen LogP contribution in [0, 0.1) is 12.8 Å². The molecule has 9 heteroatoms. The Balaban J connectivity index is 2.02. The summed E-state index contributed by atoms with van der Waals surface area (Å²) in [6.07, 6.45) is -3.71. The average molecular weight is 381 g/mol. The van der Waals surface area contributed by atoms with Gasteiger partial charge in [-0.05, 0) is 32.4 Å². The largest absolute Gasteiger partial charge is 0.481 e. The standard InChI is InChI=1S/C18H18F3N3O3/c1-10-3-5-12(6-4-10)24-15(18(19,20)21)14(9-22-24)16(25)23-8-7-13(11(23)2)17(26)27/h3-6,9,11,13H,7-8H2,1-2H3,(H,26,27). The predicted octanol–water partition coefficient (Wildman–Crippen LogP) is 3.13. The van der Waals surface area contributed by atoms with Crippen LogP contribution in [-0.2, 0) is 11.0 Å². The van der Waals surface area contributed by atoms with Crippen LogP contribution in [0.2, 0.25) is 0 Å². The van der Waals surface area contributed by atoms with Gasteiger partial charge < -0.3 is 10.0 Å². The van der Waals surface area contributed by atoms with Gasteiger partial charge in [-0.2, -0.15) is 18.3 Å². The van der Waals surface area contributed by atoms with Crippen LogP contribution in [0.15, 0.2) is 30.5 Å². The predicted molar refractivity (Wildman–Crippen MR) is 89.5 cm³/mol. The Kier molecular flexibility index (Phi) is 4.71. The molecule has 2 heterocycles. The summed E-state index contributed by atoms with van der Waals surface area (Å²) in [5.41, 5.74) is -0.686. The van der Waals surface area contributed by atoms with E-state index in [1.807, 2.05) is 0 Å². The van der Waals surface area contributed by atoms with Crippen molar-refractivity contribution in [1.82, 2.24) is 14.7 Å². The van der Waals surface area contributed by atoms with Gasteiger partial charge in [0.05, 0.1) is 23.4 Å². The molecule has 1 aromatic heterocycles. The lowest BCUT2D eigenvalue weighted by Gasteiger charge is -2.23. The topological polar surface area (TPSA) is 75.4 Å². The zero-order valence-electron chi connectivity index (χ0n) is 14.7. The fraction of sp³-hybridized carbons (Fsp3) is 0.389. The molecule has 2 atom stereocenters. The molecule has 0 aliphatic carbocycles. The molecule has 1 fully saturated rings. The fourth-order valence-electron chi connectivity index (χ4n) is 3.37. The number of halogens is 3. The fourth-order valence-corrected chi connectivity index (χ4v) is 3.37. The summed E-state index contributed by atoms with van der Waals surface area (Å²) in [5.74, 6) is -2.73. The molecule has 3 rings (SSSR count). The molecule has 2 aromatic rings. The van der Waals surface area contributed by atoms with Crippen molar-refractivity contribution in [3.8, 4) is 5.69 Å². The summed E-state index contributed by atoms with van der Waals surface area (Å²) < 4.78 is 41.9. The quantitative estimate of drug-likeness (QED) is 0.886. The number of aliphatic carboxylic acids is 1. The number of benzene rings is 1.